The molecule has 0 aromatic heterocycles. The Morgan fingerprint density at radius 3 is 2.48 bits per heavy atom. The van der Waals surface area contributed by atoms with Crippen LogP contribution in [0.4, 0.5) is 0 Å². The van der Waals surface area contributed by atoms with Gasteiger partial charge in [0, 0.05) is 12.0 Å². The van der Waals surface area contributed by atoms with Crippen LogP contribution in [-0.2, 0) is 12.8 Å². The van der Waals surface area contributed by atoms with Gasteiger partial charge in [-0.05, 0) is 48.7 Å². The van der Waals surface area contributed by atoms with Crippen molar-refractivity contribution < 1.29 is 4.74 Å². The van der Waals surface area contributed by atoms with E-state index >= 15 is 0 Å². The van der Waals surface area contributed by atoms with Gasteiger partial charge in [-0.3, -0.25) is 0 Å². The van der Waals surface area contributed by atoms with Crippen molar-refractivity contribution in [2.45, 2.75) is 24.8 Å². The van der Waals surface area contributed by atoms with E-state index in [4.69, 9.17) is 4.74 Å². The van der Waals surface area contributed by atoms with Crippen LogP contribution < -0.4 is 10.1 Å². The van der Waals surface area contributed by atoms with E-state index in [2.05, 4.69) is 48.8 Å². The van der Waals surface area contributed by atoms with Gasteiger partial charge in [0.2, 0.25) is 0 Å². The molecule has 2 nitrogen and oxygen atoms in total. The predicted octanol–water partition coefficient (Wildman–Crippen LogP) is 3.59. The van der Waals surface area contributed by atoms with E-state index in [0.29, 0.717) is 12.0 Å². The molecule has 2 aromatic rings. The van der Waals surface area contributed by atoms with E-state index in [0.717, 1.165) is 18.6 Å². The molecule has 0 fully saturated rings. The molecule has 2 atom stereocenters. The van der Waals surface area contributed by atoms with E-state index in [1.807, 2.05) is 12.1 Å². The molecule has 3 rings (SSSR count). The monoisotopic (exact) mass is 303 g/mol. The van der Waals surface area contributed by atoms with Crippen molar-refractivity contribution in [3.63, 3.8) is 0 Å². The third kappa shape index (κ3) is 3.22. The van der Waals surface area contributed by atoms with Gasteiger partial charge < -0.3 is 10.1 Å². The van der Waals surface area contributed by atoms with Crippen LogP contribution >= 0.6 is 12.4 Å². The predicted molar refractivity (Wildman–Crippen MR) is 89.7 cm³/mol. The molecule has 1 aliphatic rings. The lowest BCUT2D eigenvalue weighted by Gasteiger charge is -2.20. The molecule has 0 saturated heterocycles. The van der Waals surface area contributed by atoms with Gasteiger partial charge in [-0.15, -0.1) is 12.4 Å². The smallest absolute Gasteiger partial charge is 0.118 e. The highest BCUT2D eigenvalue weighted by atomic mass is 35.5. The maximum Gasteiger partial charge on any atom is 0.118 e. The first kappa shape index (κ1) is 15.9. The summed E-state index contributed by atoms with van der Waals surface area (Å²) in [5.41, 5.74) is 4.36. The Morgan fingerprint density at radius 2 is 1.81 bits per heavy atom. The normalized spacial score (nSPS) is 19.7. The summed E-state index contributed by atoms with van der Waals surface area (Å²) < 4.78 is 5.23. The Labute approximate surface area is 132 Å². The quantitative estimate of drug-likeness (QED) is 0.932. The van der Waals surface area contributed by atoms with Gasteiger partial charge in [-0.25, -0.2) is 0 Å². The van der Waals surface area contributed by atoms with Crippen molar-refractivity contribution >= 4 is 12.4 Å². The minimum Gasteiger partial charge on any atom is -0.497 e. The molecule has 1 N–H and O–H groups in total. The molecule has 21 heavy (non-hydrogen) atoms. The Balaban J connectivity index is 0.00000161. The van der Waals surface area contributed by atoms with Crippen LogP contribution in [0.15, 0.2) is 48.5 Å². The number of ether oxygens (including phenoxy) is 1. The summed E-state index contributed by atoms with van der Waals surface area (Å²) in [5.74, 6) is 1.48. The first-order valence-electron chi connectivity index (χ1n) is 7.20. The molecule has 3 heteroatoms. The van der Waals surface area contributed by atoms with Gasteiger partial charge in [-0.1, -0.05) is 36.4 Å². The molecule has 0 saturated carbocycles. The minimum atomic E-state index is 0. The zero-order valence-electron chi connectivity index (χ0n) is 12.5. The molecule has 0 radical (unpaired) electrons. The first-order valence-corrected chi connectivity index (χ1v) is 7.20. The van der Waals surface area contributed by atoms with E-state index in [1.165, 1.54) is 16.7 Å². The summed E-state index contributed by atoms with van der Waals surface area (Å²) in [6.45, 7) is 0. The third-order valence-corrected chi connectivity index (χ3v) is 4.37. The molecule has 2 aromatic carbocycles. The van der Waals surface area contributed by atoms with Crippen molar-refractivity contribution in [2.75, 3.05) is 14.2 Å². The van der Waals surface area contributed by atoms with Crippen LogP contribution in [0.3, 0.4) is 0 Å². The third-order valence-electron chi connectivity index (χ3n) is 4.37. The van der Waals surface area contributed by atoms with E-state index in [-0.39, 0.29) is 12.4 Å². The molecular weight excluding hydrogens is 282 g/mol. The lowest BCUT2D eigenvalue weighted by atomic mass is 9.91. The lowest BCUT2D eigenvalue weighted by Crippen LogP contribution is -2.30. The summed E-state index contributed by atoms with van der Waals surface area (Å²) in [7, 11) is 3.77. The molecule has 0 spiro atoms. The van der Waals surface area contributed by atoms with Crippen LogP contribution in [0.1, 0.15) is 22.6 Å². The van der Waals surface area contributed by atoms with Crippen molar-refractivity contribution in [1.82, 2.24) is 5.32 Å². The molecule has 0 amide bonds. The SMILES string of the molecule is CN[C@@H]1Cc2ccccc2[C@@H]1Cc1ccc(OC)cc1.Cl. The first-order chi connectivity index (χ1) is 9.81. The van der Waals surface area contributed by atoms with Crippen molar-refractivity contribution in [2.24, 2.45) is 0 Å². The number of benzene rings is 2. The molecule has 112 valence electrons. The van der Waals surface area contributed by atoms with Gasteiger partial charge in [0.15, 0.2) is 0 Å². The second-order valence-electron chi connectivity index (χ2n) is 5.46. The molecule has 0 aliphatic heterocycles. The number of fused-ring (bicyclic) bond motifs is 1. The average molecular weight is 304 g/mol. The Morgan fingerprint density at radius 1 is 1.10 bits per heavy atom. The number of rotatable bonds is 4. The number of nitrogens with one attached hydrogen (secondary N) is 1. The summed E-state index contributed by atoms with van der Waals surface area (Å²) in [6.07, 6.45) is 2.21. The Hall–Kier alpha value is -1.51. The maximum absolute atomic E-state index is 5.23. The van der Waals surface area contributed by atoms with Crippen molar-refractivity contribution in [3.05, 3.63) is 65.2 Å². The zero-order chi connectivity index (χ0) is 13.9. The zero-order valence-corrected chi connectivity index (χ0v) is 13.3. The number of hydrogen-bond acceptors (Lipinski definition) is 2. The summed E-state index contributed by atoms with van der Waals surface area (Å²) in [4.78, 5) is 0. The molecule has 0 unspecified atom stereocenters. The van der Waals surface area contributed by atoms with E-state index < -0.39 is 0 Å². The molecule has 0 heterocycles. The van der Waals surface area contributed by atoms with Crippen LogP contribution in [-0.4, -0.2) is 20.2 Å². The highest BCUT2D eigenvalue weighted by Crippen LogP contribution is 2.35. The van der Waals surface area contributed by atoms with Gasteiger partial charge in [0.05, 0.1) is 7.11 Å². The van der Waals surface area contributed by atoms with Gasteiger partial charge in [-0.2, -0.15) is 0 Å². The van der Waals surface area contributed by atoms with Crippen LogP contribution in [0.5, 0.6) is 5.75 Å². The minimum absolute atomic E-state index is 0. The topological polar surface area (TPSA) is 21.3 Å². The van der Waals surface area contributed by atoms with Crippen LogP contribution in [0.2, 0.25) is 0 Å². The highest BCUT2D eigenvalue weighted by Gasteiger charge is 2.30. The largest absolute Gasteiger partial charge is 0.497 e. The van der Waals surface area contributed by atoms with Gasteiger partial charge >= 0.3 is 0 Å². The molecule has 1 aliphatic carbocycles. The van der Waals surface area contributed by atoms with Crippen LogP contribution in [0.25, 0.3) is 0 Å². The lowest BCUT2D eigenvalue weighted by molar-refractivity contribution is 0.414. The number of hydrogen-bond donors (Lipinski definition) is 1. The molecule has 0 bridgehead atoms. The average Bonchev–Trinajstić information content (AvgIpc) is 2.86. The summed E-state index contributed by atoms with van der Waals surface area (Å²) in [5, 5.41) is 3.48. The second kappa shape index (κ2) is 6.97. The fraction of sp³-hybridized carbons (Fsp3) is 0.333. The van der Waals surface area contributed by atoms with Gasteiger partial charge in [0.25, 0.3) is 0 Å². The van der Waals surface area contributed by atoms with E-state index in [9.17, 15) is 0 Å². The number of likely N-dealkylation sites (N-methyl/N-ethyl adjacent to an activating group) is 1. The molecular formula is C18H22ClNO. The van der Waals surface area contributed by atoms with Crippen molar-refractivity contribution in [3.8, 4) is 5.75 Å². The van der Waals surface area contributed by atoms with Gasteiger partial charge in [0.1, 0.15) is 5.75 Å². The Bertz CT molecular complexity index is 582. The van der Waals surface area contributed by atoms with Crippen molar-refractivity contribution in [1.29, 1.82) is 0 Å². The number of methoxy groups -OCH3 is 1. The second-order valence-corrected chi connectivity index (χ2v) is 5.46. The standard InChI is InChI=1S/C18H21NO.ClH/c1-19-18-12-14-5-3-4-6-16(14)17(18)11-13-7-9-15(20-2)10-8-13;/h3-10,17-19H,11-12H2,1-2H3;1H/t17-,18+;/m0./s1. The highest BCUT2D eigenvalue weighted by molar-refractivity contribution is 5.85. The maximum atomic E-state index is 5.23. The summed E-state index contributed by atoms with van der Waals surface area (Å²) in [6, 6.07) is 17.8. The van der Waals surface area contributed by atoms with E-state index in [1.54, 1.807) is 7.11 Å². The number of halogens is 1. The summed E-state index contributed by atoms with van der Waals surface area (Å²) >= 11 is 0. The van der Waals surface area contributed by atoms with Crippen LogP contribution in [0, 0.1) is 0 Å². The fourth-order valence-corrected chi connectivity index (χ4v) is 3.25. The Kier molecular flexibility index (Phi) is 5.27. The fourth-order valence-electron chi connectivity index (χ4n) is 3.25.